The van der Waals surface area contributed by atoms with Crippen LogP contribution in [0, 0.1) is 13.8 Å². The lowest BCUT2D eigenvalue weighted by molar-refractivity contribution is 1.33. The number of rotatable bonds is 1. The Balaban J connectivity index is 2.63. The van der Waals surface area contributed by atoms with Crippen LogP contribution in [0.15, 0.2) is 46.9 Å². The average Bonchev–Trinajstić information content (AvgIpc) is 2.24. The van der Waals surface area contributed by atoms with E-state index in [0.29, 0.717) is 0 Å². The summed E-state index contributed by atoms with van der Waals surface area (Å²) in [5, 5.41) is 0. The van der Waals surface area contributed by atoms with Gasteiger partial charge in [0.2, 0.25) is 0 Å². The Morgan fingerprint density at radius 1 is 0.933 bits per heavy atom. The molecular formula is C14H13Br. The van der Waals surface area contributed by atoms with Gasteiger partial charge in [-0.2, -0.15) is 0 Å². The predicted octanol–water partition coefficient (Wildman–Crippen LogP) is 4.73. The van der Waals surface area contributed by atoms with Gasteiger partial charge in [-0.15, -0.1) is 0 Å². The minimum Gasteiger partial charge on any atom is -0.0622 e. The molecule has 2 aromatic rings. The fourth-order valence-electron chi connectivity index (χ4n) is 1.73. The minimum absolute atomic E-state index is 1.14. The maximum Gasteiger partial charge on any atom is 0.0184 e. The van der Waals surface area contributed by atoms with Crippen molar-refractivity contribution in [2.24, 2.45) is 0 Å². The highest BCUT2D eigenvalue weighted by Crippen LogP contribution is 2.28. The van der Waals surface area contributed by atoms with Gasteiger partial charge in [-0.05, 0) is 48.2 Å². The van der Waals surface area contributed by atoms with Gasteiger partial charge in [0.25, 0.3) is 0 Å². The maximum atomic E-state index is 3.54. The zero-order valence-corrected chi connectivity index (χ0v) is 10.5. The Hall–Kier alpha value is -1.08. The lowest BCUT2D eigenvalue weighted by Crippen LogP contribution is -1.87. The standard InChI is InChI=1S/C14H13Br/c1-10-8-13(15)9-14(11(10)2)12-6-4-3-5-7-12/h3-9H,1-2H3. The second-order valence-electron chi connectivity index (χ2n) is 3.76. The first kappa shape index (κ1) is 10.4. The molecule has 0 radical (unpaired) electrons. The number of hydrogen-bond donors (Lipinski definition) is 0. The molecule has 0 atom stereocenters. The van der Waals surface area contributed by atoms with Crippen molar-refractivity contribution in [1.29, 1.82) is 0 Å². The summed E-state index contributed by atoms with van der Waals surface area (Å²) in [7, 11) is 0. The van der Waals surface area contributed by atoms with Gasteiger partial charge in [-0.3, -0.25) is 0 Å². The van der Waals surface area contributed by atoms with Gasteiger partial charge in [0, 0.05) is 4.47 Å². The maximum absolute atomic E-state index is 3.54. The molecule has 2 aromatic carbocycles. The fourth-order valence-corrected chi connectivity index (χ4v) is 2.31. The van der Waals surface area contributed by atoms with Gasteiger partial charge in [0.05, 0.1) is 0 Å². The molecule has 0 amide bonds. The first-order valence-electron chi connectivity index (χ1n) is 5.00. The third kappa shape index (κ3) is 2.13. The molecule has 0 aliphatic carbocycles. The van der Waals surface area contributed by atoms with E-state index in [0.717, 1.165) is 4.47 Å². The Bertz CT molecular complexity index is 472. The highest BCUT2D eigenvalue weighted by molar-refractivity contribution is 9.10. The number of aryl methyl sites for hydroxylation is 1. The van der Waals surface area contributed by atoms with Crippen molar-refractivity contribution in [1.82, 2.24) is 0 Å². The number of halogens is 1. The molecule has 2 rings (SSSR count). The van der Waals surface area contributed by atoms with Gasteiger partial charge < -0.3 is 0 Å². The zero-order valence-electron chi connectivity index (χ0n) is 8.92. The normalized spacial score (nSPS) is 10.3. The fraction of sp³-hybridized carbons (Fsp3) is 0.143. The van der Waals surface area contributed by atoms with E-state index in [1.807, 2.05) is 6.07 Å². The van der Waals surface area contributed by atoms with Crippen LogP contribution in [0.4, 0.5) is 0 Å². The van der Waals surface area contributed by atoms with Crippen molar-refractivity contribution in [3.63, 3.8) is 0 Å². The molecule has 76 valence electrons. The first-order valence-corrected chi connectivity index (χ1v) is 5.80. The molecular weight excluding hydrogens is 248 g/mol. The van der Waals surface area contributed by atoms with Crippen molar-refractivity contribution in [3.8, 4) is 11.1 Å². The van der Waals surface area contributed by atoms with E-state index < -0.39 is 0 Å². The SMILES string of the molecule is Cc1cc(Br)cc(-c2ccccc2)c1C. The van der Waals surface area contributed by atoms with E-state index in [2.05, 4.69) is 66.2 Å². The van der Waals surface area contributed by atoms with Crippen LogP contribution in [0.5, 0.6) is 0 Å². The van der Waals surface area contributed by atoms with Gasteiger partial charge in [0.1, 0.15) is 0 Å². The van der Waals surface area contributed by atoms with E-state index in [1.165, 1.54) is 22.3 Å². The molecule has 0 aliphatic heterocycles. The van der Waals surface area contributed by atoms with Crippen LogP contribution in [0.3, 0.4) is 0 Å². The molecule has 0 bridgehead atoms. The third-order valence-corrected chi connectivity index (χ3v) is 3.17. The summed E-state index contributed by atoms with van der Waals surface area (Å²) >= 11 is 3.54. The Labute approximate surface area is 99.1 Å². The van der Waals surface area contributed by atoms with Crippen LogP contribution < -0.4 is 0 Å². The Kier molecular flexibility index (Phi) is 2.92. The summed E-state index contributed by atoms with van der Waals surface area (Å²) < 4.78 is 1.14. The number of benzene rings is 2. The second-order valence-corrected chi connectivity index (χ2v) is 4.68. The topological polar surface area (TPSA) is 0 Å². The smallest absolute Gasteiger partial charge is 0.0184 e. The zero-order chi connectivity index (χ0) is 10.8. The van der Waals surface area contributed by atoms with Crippen molar-refractivity contribution >= 4 is 15.9 Å². The summed E-state index contributed by atoms with van der Waals surface area (Å²) in [5.74, 6) is 0. The molecule has 0 fully saturated rings. The molecule has 0 aromatic heterocycles. The summed E-state index contributed by atoms with van der Waals surface area (Å²) in [6.45, 7) is 4.32. The highest BCUT2D eigenvalue weighted by Gasteiger charge is 2.04. The van der Waals surface area contributed by atoms with Crippen LogP contribution in [0.25, 0.3) is 11.1 Å². The van der Waals surface area contributed by atoms with Gasteiger partial charge >= 0.3 is 0 Å². The largest absolute Gasteiger partial charge is 0.0622 e. The summed E-state index contributed by atoms with van der Waals surface area (Å²) in [6, 6.07) is 14.8. The summed E-state index contributed by atoms with van der Waals surface area (Å²) in [6.07, 6.45) is 0. The highest BCUT2D eigenvalue weighted by atomic mass is 79.9. The number of hydrogen-bond acceptors (Lipinski definition) is 0. The van der Waals surface area contributed by atoms with Gasteiger partial charge in [-0.1, -0.05) is 46.3 Å². The molecule has 0 spiro atoms. The van der Waals surface area contributed by atoms with E-state index in [9.17, 15) is 0 Å². The van der Waals surface area contributed by atoms with Crippen LogP contribution in [0.1, 0.15) is 11.1 Å². The molecule has 0 N–H and O–H groups in total. The van der Waals surface area contributed by atoms with Crippen molar-refractivity contribution in [2.45, 2.75) is 13.8 Å². The Morgan fingerprint density at radius 3 is 2.27 bits per heavy atom. The first-order chi connectivity index (χ1) is 7.18. The minimum atomic E-state index is 1.14. The molecule has 0 nitrogen and oxygen atoms in total. The summed E-state index contributed by atoms with van der Waals surface area (Å²) in [4.78, 5) is 0. The van der Waals surface area contributed by atoms with Gasteiger partial charge in [0.15, 0.2) is 0 Å². The van der Waals surface area contributed by atoms with E-state index in [1.54, 1.807) is 0 Å². The van der Waals surface area contributed by atoms with Gasteiger partial charge in [-0.25, -0.2) is 0 Å². The quantitative estimate of drug-likeness (QED) is 0.696. The van der Waals surface area contributed by atoms with Crippen molar-refractivity contribution in [3.05, 3.63) is 58.1 Å². The summed E-state index contributed by atoms with van der Waals surface area (Å²) in [5.41, 5.74) is 5.26. The van der Waals surface area contributed by atoms with E-state index in [-0.39, 0.29) is 0 Å². The van der Waals surface area contributed by atoms with Crippen LogP contribution in [-0.2, 0) is 0 Å². The lowest BCUT2D eigenvalue weighted by Gasteiger charge is -2.09. The second kappa shape index (κ2) is 4.19. The molecule has 0 aliphatic rings. The van der Waals surface area contributed by atoms with Crippen LogP contribution >= 0.6 is 15.9 Å². The Morgan fingerprint density at radius 2 is 1.60 bits per heavy atom. The van der Waals surface area contributed by atoms with Crippen LogP contribution in [-0.4, -0.2) is 0 Å². The molecule has 15 heavy (non-hydrogen) atoms. The predicted molar refractivity (Wildman–Crippen MR) is 69.1 cm³/mol. The third-order valence-electron chi connectivity index (χ3n) is 2.72. The van der Waals surface area contributed by atoms with Crippen LogP contribution in [0.2, 0.25) is 0 Å². The molecule has 0 saturated heterocycles. The average molecular weight is 261 g/mol. The van der Waals surface area contributed by atoms with Crippen molar-refractivity contribution in [2.75, 3.05) is 0 Å². The molecule has 0 saturated carbocycles. The molecule has 1 heteroatoms. The molecule has 0 heterocycles. The van der Waals surface area contributed by atoms with E-state index >= 15 is 0 Å². The lowest BCUT2D eigenvalue weighted by atomic mass is 9.97. The molecule has 0 unspecified atom stereocenters. The van der Waals surface area contributed by atoms with Crippen molar-refractivity contribution < 1.29 is 0 Å². The van der Waals surface area contributed by atoms with E-state index in [4.69, 9.17) is 0 Å². The monoisotopic (exact) mass is 260 g/mol.